The Kier molecular flexibility index (Phi) is 6.69. The van der Waals surface area contributed by atoms with Gasteiger partial charge in [0.1, 0.15) is 12.4 Å². The Bertz CT molecular complexity index is 460. The highest BCUT2D eigenvalue weighted by molar-refractivity contribution is 5.69. The number of carbonyl (C=O) groups is 1. The van der Waals surface area contributed by atoms with Crippen molar-refractivity contribution in [2.24, 2.45) is 0 Å². The van der Waals surface area contributed by atoms with Crippen LogP contribution in [-0.2, 0) is 21.4 Å². The molecular formula is C17H26O4. The van der Waals surface area contributed by atoms with Crippen molar-refractivity contribution in [2.45, 2.75) is 45.4 Å². The number of benzene rings is 1. The van der Waals surface area contributed by atoms with Crippen LogP contribution in [-0.4, -0.2) is 31.4 Å². The number of carbonyl (C=O) groups excluding carboxylic acids is 1. The van der Waals surface area contributed by atoms with Gasteiger partial charge in [-0.1, -0.05) is 39.0 Å². The summed E-state index contributed by atoms with van der Waals surface area (Å²) < 4.78 is 10.4. The highest BCUT2D eigenvalue weighted by Crippen LogP contribution is 2.34. The minimum Gasteiger partial charge on any atom is -0.496 e. The van der Waals surface area contributed by atoms with Gasteiger partial charge in [0.15, 0.2) is 0 Å². The smallest absolute Gasteiger partial charge is 0.305 e. The van der Waals surface area contributed by atoms with Gasteiger partial charge in [-0.15, -0.1) is 0 Å². The summed E-state index contributed by atoms with van der Waals surface area (Å²) in [5.74, 6) is 0.642. The zero-order valence-corrected chi connectivity index (χ0v) is 13.4. The van der Waals surface area contributed by atoms with Crippen LogP contribution in [0.2, 0.25) is 0 Å². The zero-order chi connectivity index (χ0) is 15.9. The Hall–Kier alpha value is -1.55. The third-order valence-electron chi connectivity index (χ3n) is 3.29. The van der Waals surface area contributed by atoms with Crippen molar-refractivity contribution in [1.29, 1.82) is 0 Å². The minimum absolute atomic E-state index is 0.0153. The lowest BCUT2D eigenvalue weighted by Gasteiger charge is -2.24. The summed E-state index contributed by atoms with van der Waals surface area (Å²) >= 11 is 0. The number of esters is 1. The minimum atomic E-state index is -0.269. The summed E-state index contributed by atoms with van der Waals surface area (Å²) in [5, 5.41) is 8.60. The van der Waals surface area contributed by atoms with Gasteiger partial charge >= 0.3 is 5.97 Å². The number of aliphatic hydroxyl groups is 1. The maximum atomic E-state index is 11.4. The van der Waals surface area contributed by atoms with E-state index in [0.717, 1.165) is 17.7 Å². The number of rotatable bonds is 7. The molecule has 0 radical (unpaired) electrons. The normalized spacial score (nSPS) is 11.3. The van der Waals surface area contributed by atoms with E-state index in [-0.39, 0.29) is 24.6 Å². The van der Waals surface area contributed by atoms with Gasteiger partial charge in [-0.3, -0.25) is 4.79 Å². The standard InChI is InChI=1S/C17H26O4/c1-17(2,3)14-9-5-7-13(16(14)20-4)8-6-10-15(19)21-12-11-18/h5,7,9,18H,6,8,10-12H2,1-4H3. The second-order valence-corrected chi connectivity index (χ2v) is 6.05. The molecule has 0 saturated heterocycles. The molecule has 1 aromatic carbocycles. The van der Waals surface area contributed by atoms with Crippen molar-refractivity contribution in [3.05, 3.63) is 29.3 Å². The van der Waals surface area contributed by atoms with Gasteiger partial charge in [-0.05, 0) is 29.4 Å². The first-order valence-corrected chi connectivity index (χ1v) is 7.33. The fourth-order valence-electron chi connectivity index (χ4n) is 2.27. The van der Waals surface area contributed by atoms with Crippen molar-refractivity contribution in [1.82, 2.24) is 0 Å². The van der Waals surface area contributed by atoms with Gasteiger partial charge < -0.3 is 14.6 Å². The predicted molar refractivity (Wildman–Crippen MR) is 82.7 cm³/mol. The lowest BCUT2D eigenvalue weighted by molar-refractivity contribution is -0.144. The van der Waals surface area contributed by atoms with Gasteiger partial charge in [0.25, 0.3) is 0 Å². The third kappa shape index (κ3) is 5.38. The maximum Gasteiger partial charge on any atom is 0.305 e. The van der Waals surface area contributed by atoms with E-state index in [1.807, 2.05) is 12.1 Å². The monoisotopic (exact) mass is 294 g/mol. The molecule has 4 heteroatoms. The summed E-state index contributed by atoms with van der Waals surface area (Å²) in [4.78, 5) is 11.4. The van der Waals surface area contributed by atoms with Gasteiger partial charge in [-0.25, -0.2) is 0 Å². The van der Waals surface area contributed by atoms with Crippen LogP contribution >= 0.6 is 0 Å². The number of hydrogen-bond acceptors (Lipinski definition) is 4. The Balaban J connectivity index is 2.69. The lowest BCUT2D eigenvalue weighted by Crippen LogP contribution is -2.14. The molecule has 0 aliphatic rings. The Morgan fingerprint density at radius 2 is 2.00 bits per heavy atom. The first kappa shape index (κ1) is 17.5. The summed E-state index contributed by atoms with van der Waals surface area (Å²) in [7, 11) is 1.68. The van der Waals surface area contributed by atoms with Crippen LogP contribution in [0.25, 0.3) is 0 Å². The van der Waals surface area contributed by atoms with E-state index in [2.05, 4.69) is 26.8 Å². The van der Waals surface area contributed by atoms with E-state index in [4.69, 9.17) is 14.6 Å². The number of hydrogen-bond donors (Lipinski definition) is 1. The maximum absolute atomic E-state index is 11.4. The van der Waals surface area contributed by atoms with Crippen molar-refractivity contribution < 1.29 is 19.4 Å². The fourth-order valence-corrected chi connectivity index (χ4v) is 2.27. The van der Waals surface area contributed by atoms with Crippen LogP contribution in [0.3, 0.4) is 0 Å². The molecule has 1 N–H and O–H groups in total. The van der Waals surface area contributed by atoms with E-state index in [0.29, 0.717) is 12.8 Å². The van der Waals surface area contributed by atoms with E-state index in [9.17, 15) is 4.79 Å². The molecule has 0 spiro atoms. The molecule has 0 atom stereocenters. The largest absolute Gasteiger partial charge is 0.496 e. The predicted octanol–water partition coefficient (Wildman–Crippen LogP) is 2.85. The van der Waals surface area contributed by atoms with Crippen molar-refractivity contribution in [3.63, 3.8) is 0 Å². The third-order valence-corrected chi connectivity index (χ3v) is 3.29. The number of methoxy groups -OCH3 is 1. The van der Waals surface area contributed by atoms with Gasteiger partial charge in [-0.2, -0.15) is 0 Å². The topological polar surface area (TPSA) is 55.8 Å². The summed E-state index contributed by atoms with van der Waals surface area (Å²) in [5.41, 5.74) is 2.30. The van der Waals surface area contributed by atoms with Crippen LogP contribution in [0.15, 0.2) is 18.2 Å². The molecule has 1 aromatic rings. The molecule has 0 saturated carbocycles. The molecule has 1 rings (SSSR count). The second-order valence-electron chi connectivity index (χ2n) is 6.05. The number of aliphatic hydroxyl groups excluding tert-OH is 1. The van der Waals surface area contributed by atoms with Crippen molar-refractivity contribution >= 4 is 5.97 Å². The first-order valence-electron chi connectivity index (χ1n) is 7.33. The van der Waals surface area contributed by atoms with Crippen LogP contribution < -0.4 is 4.74 Å². The molecule has 0 heterocycles. The zero-order valence-electron chi connectivity index (χ0n) is 13.4. The molecule has 21 heavy (non-hydrogen) atoms. The molecule has 118 valence electrons. The van der Waals surface area contributed by atoms with E-state index in [1.54, 1.807) is 7.11 Å². The van der Waals surface area contributed by atoms with Crippen molar-refractivity contribution in [3.8, 4) is 5.75 Å². The molecule has 4 nitrogen and oxygen atoms in total. The lowest BCUT2D eigenvalue weighted by atomic mass is 9.84. The number of para-hydroxylation sites is 1. The van der Waals surface area contributed by atoms with Crippen LogP contribution in [0.1, 0.15) is 44.7 Å². The van der Waals surface area contributed by atoms with Crippen LogP contribution in [0.4, 0.5) is 0 Å². The summed E-state index contributed by atoms with van der Waals surface area (Å²) in [6.07, 6.45) is 1.82. The van der Waals surface area contributed by atoms with Crippen LogP contribution in [0, 0.1) is 0 Å². The average molecular weight is 294 g/mol. The fraction of sp³-hybridized carbons (Fsp3) is 0.588. The molecule has 0 bridgehead atoms. The molecule has 0 aliphatic heterocycles. The molecular weight excluding hydrogens is 268 g/mol. The summed E-state index contributed by atoms with van der Waals surface area (Å²) in [6.45, 7) is 6.40. The van der Waals surface area contributed by atoms with E-state index < -0.39 is 0 Å². The average Bonchev–Trinajstić information content (AvgIpc) is 2.43. The van der Waals surface area contributed by atoms with Gasteiger partial charge in [0.2, 0.25) is 0 Å². The Morgan fingerprint density at radius 3 is 2.57 bits per heavy atom. The molecule has 0 aliphatic carbocycles. The van der Waals surface area contributed by atoms with Gasteiger partial charge in [0, 0.05) is 6.42 Å². The molecule has 0 unspecified atom stereocenters. The quantitative estimate of drug-likeness (QED) is 0.786. The molecule has 0 fully saturated rings. The molecule has 0 amide bonds. The van der Waals surface area contributed by atoms with Gasteiger partial charge in [0.05, 0.1) is 13.7 Å². The van der Waals surface area contributed by atoms with Crippen molar-refractivity contribution in [2.75, 3.05) is 20.3 Å². The second kappa shape index (κ2) is 8.03. The SMILES string of the molecule is COc1c(CCCC(=O)OCCO)cccc1C(C)(C)C. The summed E-state index contributed by atoms with van der Waals surface area (Å²) in [6, 6.07) is 6.15. The first-order chi connectivity index (χ1) is 9.90. The number of ether oxygens (including phenoxy) is 2. The Labute approximate surface area is 127 Å². The van der Waals surface area contributed by atoms with E-state index >= 15 is 0 Å². The highest BCUT2D eigenvalue weighted by atomic mass is 16.5. The highest BCUT2D eigenvalue weighted by Gasteiger charge is 2.20. The van der Waals surface area contributed by atoms with Crippen LogP contribution in [0.5, 0.6) is 5.75 Å². The number of aryl methyl sites for hydroxylation is 1. The Morgan fingerprint density at radius 1 is 1.29 bits per heavy atom. The molecule has 0 aromatic heterocycles. The van der Waals surface area contributed by atoms with E-state index in [1.165, 1.54) is 5.56 Å².